The van der Waals surface area contributed by atoms with Crippen molar-refractivity contribution < 1.29 is 4.79 Å². The standard InChI is InChI=1S/C21H24N4O/c1-16(24-17(2)26)13-19-8-5-18(6-9-19)7-10-20-14-22-21(23-15-20)25-11-3-4-12-25/h5-6,8-9,14-16H,3-4,11-13H2,1-2H3,(H,24,26). The molecule has 1 aliphatic rings. The lowest BCUT2D eigenvalue weighted by Gasteiger charge is -2.13. The number of benzene rings is 1. The number of rotatable bonds is 4. The lowest BCUT2D eigenvalue weighted by molar-refractivity contribution is -0.119. The zero-order valence-electron chi connectivity index (χ0n) is 15.3. The number of hydrogen-bond donors (Lipinski definition) is 1. The van der Waals surface area contributed by atoms with Gasteiger partial charge in [0.1, 0.15) is 0 Å². The van der Waals surface area contributed by atoms with Crippen LogP contribution in [0.5, 0.6) is 0 Å². The summed E-state index contributed by atoms with van der Waals surface area (Å²) in [5.74, 6) is 7.06. The first kappa shape index (κ1) is 17.9. The summed E-state index contributed by atoms with van der Waals surface area (Å²) in [6, 6.07) is 8.23. The van der Waals surface area contributed by atoms with E-state index in [1.807, 2.05) is 19.1 Å². The number of nitrogens with zero attached hydrogens (tertiary/aromatic N) is 3. The molecule has 1 fully saturated rings. The Bertz CT molecular complexity index is 797. The molecule has 1 aliphatic heterocycles. The summed E-state index contributed by atoms with van der Waals surface area (Å²) in [6.07, 6.45) is 6.81. The summed E-state index contributed by atoms with van der Waals surface area (Å²) in [7, 11) is 0. The van der Waals surface area contributed by atoms with Gasteiger partial charge in [-0.2, -0.15) is 0 Å². The highest BCUT2D eigenvalue weighted by Gasteiger charge is 2.14. The van der Waals surface area contributed by atoms with Gasteiger partial charge in [0.25, 0.3) is 0 Å². The third-order valence-electron chi connectivity index (χ3n) is 4.32. The fraction of sp³-hybridized carbons (Fsp3) is 0.381. The van der Waals surface area contributed by atoms with Crippen LogP contribution in [-0.2, 0) is 11.2 Å². The largest absolute Gasteiger partial charge is 0.354 e. The predicted octanol–water partition coefficient (Wildman–Crippen LogP) is 2.54. The van der Waals surface area contributed by atoms with Crippen LogP contribution in [0, 0.1) is 11.8 Å². The summed E-state index contributed by atoms with van der Waals surface area (Å²) in [6.45, 7) is 5.62. The zero-order valence-corrected chi connectivity index (χ0v) is 15.3. The highest BCUT2D eigenvalue weighted by molar-refractivity contribution is 5.73. The first-order chi connectivity index (χ1) is 12.6. The summed E-state index contributed by atoms with van der Waals surface area (Å²) in [5.41, 5.74) is 2.94. The number of carbonyl (C=O) groups excluding carboxylic acids is 1. The second-order valence-electron chi connectivity index (χ2n) is 6.72. The van der Waals surface area contributed by atoms with Gasteiger partial charge in [-0.15, -0.1) is 0 Å². The van der Waals surface area contributed by atoms with Gasteiger partial charge < -0.3 is 10.2 Å². The van der Waals surface area contributed by atoms with Crippen molar-refractivity contribution in [2.24, 2.45) is 0 Å². The highest BCUT2D eigenvalue weighted by atomic mass is 16.1. The van der Waals surface area contributed by atoms with Crippen LogP contribution in [0.2, 0.25) is 0 Å². The molecule has 0 spiro atoms. The number of anilines is 1. The van der Waals surface area contributed by atoms with Crippen LogP contribution in [0.4, 0.5) is 5.95 Å². The van der Waals surface area contributed by atoms with Crippen molar-refractivity contribution in [3.63, 3.8) is 0 Å². The molecule has 0 bridgehead atoms. The van der Waals surface area contributed by atoms with Crippen LogP contribution >= 0.6 is 0 Å². The Morgan fingerprint density at radius 2 is 1.73 bits per heavy atom. The molecule has 0 radical (unpaired) electrons. The molecule has 1 unspecified atom stereocenters. The number of amides is 1. The van der Waals surface area contributed by atoms with Crippen LogP contribution < -0.4 is 10.2 Å². The lowest BCUT2D eigenvalue weighted by atomic mass is 10.1. The first-order valence-corrected chi connectivity index (χ1v) is 9.05. The molecular formula is C21H24N4O. The minimum absolute atomic E-state index is 0.00189. The van der Waals surface area contributed by atoms with Crippen molar-refractivity contribution in [3.05, 3.63) is 53.3 Å². The van der Waals surface area contributed by atoms with E-state index in [0.717, 1.165) is 36.6 Å². The van der Waals surface area contributed by atoms with Crippen molar-refractivity contribution in [1.82, 2.24) is 15.3 Å². The van der Waals surface area contributed by atoms with E-state index in [1.54, 1.807) is 12.4 Å². The third-order valence-corrected chi connectivity index (χ3v) is 4.32. The lowest BCUT2D eigenvalue weighted by Crippen LogP contribution is -2.31. The maximum absolute atomic E-state index is 11.1. The molecule has 2 heterocycles. The van der Waals surface area contributed by atoms with Crippen LogP contribution in [-0.4, -0.2) is 35.0 Å². The number of aromatic nitrogens is 2. The Labute approximate surface area is 154 Å². The van der Waals surface area contributed by atoms with Crippen molar-refractivity contribution in [2.75, 3.05) is 18.0 Å². The van der Waals surface area contributed by atoms with E-state index in [-0.39, 0.29) is 11.9 Å². The third kappa shape index (κ3) is 5.06. The average Bonchev–Trinajstić information content (AvgIpc) is 3.15. The van der Waals surface area contributed by atoms with Gasteiger partial charge in [-0.25, -0.2) is 9.97 Å². The maximum atomic E-state index is 11.1. The van der Waals surface area contributed by atoms with Crippen molar-refractivity contribution in [1.29, 1.82) is 0 Å². The van der Waals surface area contributed by atoms with Crippen LogP contribution in [0.15, 0.2) is 36.7 Å². The molecule has 1 amide bonds. The first-order valence-electron chi connectivity index (χ1n) is 9.05. The highest BCUT2D eigenvalue weighted by Crippen LogP contribution is 2.14. The SMILES string of the molecule is CC(=O)NC(C)Cc1ccc(C#Cc2cnc(N3CCCC3)nc2)cc1. The normalized spacial score (nSPS) is 14.5. The van der Waals surface area contributed by atoms with Gasteiger partial charge in [0.05, 0.1) is 5.56 Å². The minimum atomic E-state index is -0.00189. The molecule has 5 nitrogen and oxygen atoms in total. The Morgan fingerprint density at radius 3 is 2.35 bits per heavy atom. The van der Waals surface area contributed by atoms with Gasteiger partial charge in [-0.3, -0.25) is 4.79 Å². The van der Waals surface area contributed by atoms with Crippen molar-refractivity contribution in [2.45, 2.75) is 39.2 Å². The molecule has 1 aromatic heterocycles. The van der Waals surface area contributed by atoms with E-state index in [4.69, 9.17) is 0 Å². The second kappa shape index (κ2) is 8.48. The molecule has 1 saturated heterocycles. The molecule has 5 heteroatoms. The topological polar surface area (TPSA) is 58.1 Å². The zero-order chi connectivity index (χ0) is 18.4. The second-order valence-corrected chi connectivity index (χ2v) is 6.72. The quantitative estimate of drug-likeness (QED) is 0.863. The number of hydrogen-bond acceptors (Lipinski definition) is 4. The van der Waals surface area contributed by atoms with Crippen LogP contribution in [0.25, 0.3) is 0 Å². The van der Waals surface area contributed by atoms with Crippen molar-refractivity contribution >= 4 is 11.9 Å². The molecule has 3 rings (SSSR count). The average molecular weight is 348 g/mol. The Hall–Kier alpha value is -2.87. The maximum Gasteiger partial charge on any atom is 0.225 e. The van der Waals surface area contributed by atoms with E-state index in [1.165, 1.54) is 25.3 Å². The van der Waals surface area contributed by atoms with E-state index in [2.05, 4.69) is 44.2 Å². The summed E-state index contributed by atoms with van der Waals surface area (Å²) < 4.78 is 0. The Morgan fingerprint density at radius 1 is 1.12 bits per heavy atom. The van der Waals surface area contributed by atoms with Gasteiger partial charge in [0.2, 0.25) is 11.9 Å². The summed E-state index contributed by atoms with van der Waals surface area (Å²) in [5, 5.41) is 2.89. The molecule has 0 saturated carbocycles. The van der Waals surface area contributed by atoms with E-state index in [0.29, 0.717) is 0 Å². The van der Waals surface area contributed by atoms with E-state index >= 15 is 0 Å². The van der Waals surface area contributed by atoms with Crippen LogP contribution in [0.1, 0.15) is 43.4 Å². The fourth-order valence-electron chi connectivity index (χ4n) is 3.09. The predicted molar refractivity (Wildman–Crippen MR) is 103 cm³/mol. The van der Waals surface area contributed by atoms with Gasteiger partial charge in [0, 0.05) is 44.0 Å². The van der Waals surface area contributed by atoms with E-state index < -0.39 is 0 Å². The smallest absolute Gasteiger partial charge is 0.225 e. The molecule has 1 aromatic carbocycles. The summed E-state index contributed by atoms with van der Waals surface area (Å²) >= 11 is 0. The molecular weight excluding hydrogens is 324 g/mol. The van der Waals surface area contributed by atoms with E-state index in [9.17, 15) is 4.79 Å². The Kier molecular flexibility index (Phi) is 5.85. The number of carbonyl (C=O) groups is 1. The fourth-order valence-corrected chi connectivity index (χ4v) is 3.09. The molecule has 1 atom stereocenters. The summed E-state index contributed by atoms with van der Waals surface area (Å²) in [4.78, 5) is 22.1. The molecule has 26 heavy (non-hydrogen) atoms. The Balaban J connectivity index is 1.60. The van der Waals surface area contributed by atoms with Gasteiger partial charge in [0.15, 0.2) is 0 Å². The van der Waals surface area contributed by atoms with Gasteiger partial charge in [-0.1, -0.05) is 24.0 Å². The van der Waals surface area contributed by atoms with Crippen LogP contribution in [0.3, 0.4) is 0 Å². The van der Waals surface area contributed by atoms with Gasteiger partial charge >= 0.3 is 0 Å². The molecule has 0 aliphatic carbocycles. The van der Waals surface area contributed by atoms with Crippen molar-refractivity contribution in [3.8, 4) is 11.8 Å². The molecule has 1 N–H and O–H groups in total. The number of nitrogens with one attached hydrogen (secondary N) is 1. The minimum Gasteiger partial charge on any atom is -0.354 e. The monoisotopic (exact) mass is 348 g/mol. The molecule has 2 aromatic rings. The van der Waals surface area contributed by atoms with Gasteiger partial charge in [-0.05, 0) is 43.9 Å². The molecule has 134 valence electrons.